The molecule has 0 spiro atoms. The summed E-state index contributed by atoms with van der Waals surface area (Å²) in [5.74, 6) is 0.989. The van der Waals surface area contributed by atoms with Gasteiger partial charge in [0, 0.05) is 38.3 Å². The Bertz CT molecular complexity index is 215. The Hall–Kier alpha value is -0.120. The fourth-order valence-electron chi connectivity index (χ4n) is 2.43. The second kappa shape index (κ2) is 5.03. The van der Waals surface area contributed by atoms with Crippen LogP contribution in [0.4, 0.5) is 0 Å². The minimum absolute atomic E-state index is 0.316. The van der Waals surface area contributed by atoms with Crippen LogP contribution in [-0.4, -0.2) is 61.7 Å². The fourth-order valence-corrected chi connectivity index (χ4v) is 2.43. The standard InChI is InChI=1S/C13H27N3/c1-13(2,11-14-10-12-4-5-12)16-8-6-15(3)7-9-16/h12,14H,4-11H2,1-3H3. The normalized spacial score (nSPS) is 24.9. The average Bonchev–Trinajstić information content (AvgIpc) is 3.02. The van der Waals surface area contributed by atoms with E-state index in [-0.39, 0.29) is 0 Å². The first-order chi connectivity index (χ1) is 7.58. The Balaban J connectivity index is 1.71. The molecule has 2 rings (SSSR count). The minimum atomic E-state index is 0.316. The number of hydrogen-bond acceptors (Lipinski definition) is 3. The highest BCUT2D eigenvalue weighted by Gasteiger charge is 2.29. The second-order valence-corrected chi connectivity index (χ2v) is 6.18. The first-order valence-corrected chi connectivity index (χ1v) is 6.72. The molecular weight excluding hydrogens is 198 g/mol. The van der Waals surface area contributed by atoms with E-state index < -0.39 is 0 Å². The molecule has 2 aliphatic rings. The molecule has 3 heteroatoms. The summed E-state index contributed by atoms with van der Waals surface area (Å²) in [5, 5.41) is 3.64. The summed E-state index contributed by atoms with van der Waals surface area (Å²) in [6.45, 7) is 12.0. The summed E-state index contributed by atoms with van der Waals surface area (Å²) in [4.78, 5) is 5.05. The van der Waals surface area contributed by atoms with E-state index >= 15 is 0 Å². The number of nitrogens with one attached hydrogen (secondary N) is 1. The van der Waals surface area contributed by atoms with Gasteiger partial charge in [-0.25, -0.2) is 0 Å². The maximum atomic E-state index is 3.64. The molecule has 1 saturated heterocycles. The van der Waals surface area contributed by atoms with Gasteiger partial charge >= 0.3 is 0 Å². The summed E-state index contributed by atoms with van der Waals surface area (Å²) in [5.41, 5.74) is 0.316. The molecule has 0 aromatic rings. The maximum absolute atomic E-state index is 3.64. The van der Waals surface area contributed by atoms with Gasteiger partial charge in [-0.1, -0.05) is 0 Å². The Morgan fingerprint density at radius 1 is 1.12 bits per heavy atom. The van der Waals surface area contributed by atoms with Crippen LogP contribution in [0.15, 0.2) is 0 Å². The van der Waals surface area contributed by atoms with Crippen LogP contribution in [0, 0.1) is 5.92 Å². The van der Waals surface area contributed by atoms with E-state index in [9.17, 15) is 0 Å². The van der Waals surface area contributed by atoms with E-state index in [1.807, 2.05) is 0 Å². The molecule has 1 N–H and O–H groups in total. The van der Waals surface area contributed by atoms with Crippen molar-refractivity contribution in [3.8, 4) is 0 Å². The summed E-state index contributed by atoms with van der Waals surface area (Å²) >= 11 is 0. The number of rotatable bonds is 5. The molecule has 94 valence electrons. The molecule has 0 bridgehead atoms. The van der Waals surface area contributed by atoms with Crippen molar-refractivity contribution in [1.82, 2.24) is 15.1 Å². The van der Waals surface area contributed by atoms with Gasteiger partial charge in [-0.05, 0) is 46.2 Å². The van der Waals surface area contributed by atoms with E-state index in [2.05, 4.69) is 36.0 Å². The van der Waals surface area contributed by atoms with Gasteiger partial charge in [-0.3, -0.25) is 4.90 Å². The molecule has 0 unspecified atom stereocenters. The predicted octanol–water partition coefficient (Wildman–Crippen LogP) is 1.01. The van der Waals surface area contributed by atoms with Gasteiger partial charge in [-0.2, -0.15) is 0 Å². The molecule has 0 amide bonds. The second-order valence-electron chi connectivity index (χ2n) is 6.18. The van der Waals surface area contributed by atoms with Gasteiger partial charge in [-0.15, -0.1) is 0 Å². The van der Waals surface area contributed by atoms with E-state index in [0.29, 0.717) is 5.54 Å². The first kappa shape index (κ1) is 12.3. The molecule has 3 nitrogen and oxygen atoms in total. The average molecular weight is 225 g/mol. The molecule has 0 atom stereocenters. The van der Waals surface area contributed by atoms with Crippen molar-refractivity contribution in [2.45, 2.75) is 32.2 Å². The Morgan fingerprint density at radius 3 is 2.31 bits per heavy atom. The third-order valence-electron chi connectivity index (χ3n) is 4.05. The summed E-state index contributed by atoms with van der Waals surface area (Å²) in [6.07, 6.45) is 2.89. The highest BCUT2D eigenvalue weighted by atomic mass is 15.3. The highest BCUT2D eigenvalue weighted by Crippen LogP contribution is 2.27. The van der Waals surface area contributed by atoms with Crippen molar-refractivity contribution in [2.24, 2.45) is 5.92 Å². The molecule has 2 fully saturated rings. The third kappa shape index (κ3) is 3.44. The number of piperazine rings is 1. The van der Waals surface area contributed by atoms with Crippen LogP contribution in [-0.2, 0) is 0 Å². The van der Waals surface area contributed by atoms with Crippen LogP contribution in [0.25, 0.3) is 0 Å². The van der Waals surface area contributed by atoms with Crippen LogP contribution in [0.1, 0.15) is 26.7 Å². The third-order valence-corrected chi connectivity index (χ3v) is 4.05. The van der Waals surface area contributed by atoms with Crippen LogP contribution >= 0.6 is 0 Å². The van der Waals surface area contributed by atoms with E-state index in [1.165, 1.54) is 45.6 Å². The lowest BCUT2D eigenvalue weighted by atomic mass is 10.0. The van der Waals surface area contributed by atoms with Gasteiger partial charge in [0.25, 0.3) is 0 Å². The van der Waals surface area contributed by atoms with Gasteiger partial charge in [0.1, 0.15) is 0 Å². The van der Waals surface area contributed by atoms with Crippen LogP contribution in [0.2, 0.25) is 0 Å². The minimum Gasteiger partial charge on any atom is -0.315 e. The predicted molar refractivity (Wildman–Crippen MR) is 68.7 cm³/mol. The Labute approximate surface area is 100 Å². The van der Waals surface area contributed by atoms with Crippen molar-refractivity contribution in [3.05, 3.63) is 0 Å². The van der Waals surface area contributed by atoms with Gasteiger partial charge in [0.05, 0.1) is 0 Å². The lowest BCUT2D eigenvalue weighted by molar-refractivity contribution is 0.0619. The molecule has 0 aromatic heterocycles. The van der Waals surface area contributed by atoms with Crippen molar-refractivity contribution >= 4 is 0 Å². The molecule has 16 heavy (non-hydrogen) atoms. The number of nitrogens with zero attached hydrogens (tertiary/aromatic N) is 2. The Kier molecular flexibility index (Phi) is 3.88. The lowest BCUT2D eigenvalue weighted by Crippen LogP contribution is -2.57. The first-order valence-electron chi connectivity index (χ1n) is 6.72. The molecule has 1 aliphatic carbocycles. The van der Waals surface area contributed by atoms with Crippen molar-refractivity contribution in [3.63, 3.8) is 0 Å². The topological polar surface area (TPSA) is 18.5 Å². The summed E-state index contributed by atoms with van der Waals surface area (Å²) < 4.78 is 0. The van der Waals surface area contributed by atoms with Crippen molar-refractivity contribution in [1.29, 1.82) is 0 Å². The highest BCUT2D eigenvalue weighted by molar-refractivity contribution is 4.88. The zero-order chi connectivity index (χ0) is 11.6. The zero-order valence-corrected chi connectivity index (χ0v) is 11.1. The molecule has 1 aliphatic heterocycles. The van der Waals surface area contributed by atoms with Gasteiger partial charge in [0.15, 0.2) is 0 Å². The van der Waals surface area contributed by atoms with Crippen LogP contribution < -0.4 is 5.32 Å². The van der Waals surface area contributed by atoms with Crippen LogP contribution in [0.5, 0.6) is 0 Å². The fraction of sp³-hybridized carbons (Fsp3) is 1.00. The molecule has 1 saturated carbocycles. The van der Waals surface area contributed by atoms with E-state index in [1.54, 1.807) is 0 Å². The lowest BCUT2D eigenvalue weighted by Gasteiger charge is -2.43. The SMILES string of the molecule is CN1CCN(C(C)(C)CNCC2CC2)CC1. The molecule has 1 heterocycles. The van der Waals surface area contributed by atoms with E-state index in [4.69, 9.17) is 0 Å². The summed E-state index contributed by atoms with van der Waals surface area (Å²) in [6, 6.07) is 0. The number of likely N-dealkylation sites (N-methyl/N-ethyl adjacent to an activating group) is 1. The molecule has 0 radical (unpaired) electrons. The number of hydrogen-bond donors (Lipinski definition) is 1. The zero-order valence-electron chi connectivity index (χ0n) is 11.1. The maximum Gasteiger partial charge on any atom is 0.0278 e. The van der Waals surface area contributed by atoms with Crippen molar-refractivity contribution < 1.29 is 0 Å². The monoisotopic (exact) mass is 225 g/mol. The molecular formula is C13H27N3. The quantitative estimate of drug-likeness (QED) is 0.753. The smallest absolute Gasteiger partial charge is 0.0278 e. The summed E-state index contributed by atoms with van der Waals surface area (Å²) in [7, 11) is 2.22. The Morgan fingerprint density at radius 2 is 1.75 bits per heavy atom. The largest absolute Gasteiger partial charge is 0.315 e. The van der Waals surface area contributed by atoms with Crippen molar-refractivity contribution in [2.75, 3.05) is 46.3 Å². The molecule has 0 aromatic carbocycles. The van der Waals surface area contributed by atoms with E-state index in [0.717, 1.165) is 12.5 Å². The van der Waals surface area contributed by atoms with Gasteiger partial charge < -0.3 is 10.2 Å². The van der Waals surface area contributed by atoms with Crippen LogP contribution in [0.3, 0.4) is 0 Å². The van der Waals surface area contributed by atoms with Gasteiger partial charge in [0.2, 0.25) is 0 Å².